The van der Waals surface area contributed by atoms with Gasteiger partial charge in [0.15, 0.2) is 16.6 Å². The van der Waals surface area contributed by atoms with Crippen LogP contribution >= 0.6 is 0 Å². The molecule has 0 N–H and O–H groups in total. The summed E-state index contributed by atoms with van der Waals surface area (Å²) in [6, 6.07) is 2.35. The Morgan fingerprint density at radius 2 is 1.00 bits per heavy atom. The summed E-state index contributed by atoms with van der Waals surface area (Å²) in [5.74, 6) is 0. The van der Waals surface area contributed by atoms with E-state index in [4.69, 9.17) is 8.23 Å². The molecule has 0 saturated heterocycles. The van der Waals surface area contributed by atoms with E-state index in [2.05, 4.69) is 39.3 Å². The second-order valence-corrected chi connectivity index (χ2v) is 16.9. The van der Waals surface area contributed by atoms with Crippen LogP contribution in [-0.4, -0.2) is 36.2 Å². The predicted molar refractivity (Wildman–Crippen MR) is 70.0 cm³/mol. The Hall–Kier alpha value is 0.788. The standard InChI is InChI=1S/C8H22O2Si4/c1-13(2,3)9-11-7-8-12-10-14(4,5)6/h7-8H2,1-6H3. The lowest BCUT2D eigenvalue weighted by molar-refractivity contribution is 0.584. The monoisotopic (exact) mass is 262 g/mol. The maximum Gasteiger partial charge on any atom is 0.214 e. The van der Waals surface area contributed by atoms with Gasteiger partial charge in [-0.3, -0.25) is 0 Å². The molecule has 2 nitrogen and oxygen atoms in total. The summed E-state index contributed by atoms with van der Waals surface area (Å²) < 4.78 is 11.6. The van der Waals surface area contributed by atoms with Crippen LogP contribution in [0.2, 0.25) is 51.4 Å². The molecule has 0 atom stereocenters. The van der Waals surface area contributed by atoms with Crippen LogP contribution in [0, 0.1) is 0 Å². The molecule has 0 aromatic heterocycles. The van der Waals surface area contributed by atoms with Gasteiger partial charge in [-0.05, 0) is 51.4 Å². The molecular formula is C8H22O2Si4. The number of hydrogen-bond acceptors (Lipinski definition) is 2. The summed E-state index contributed by atoms with van der Waals surface area (Å²) in [5.41, 5.74) is 0. The summed E-state index contributed by atoms with van der Waals surface area (Å²) in [6.45, 7) is 13.4. The fourth-order valence-electron chi connectivity index (χ4n) is 0.637. The molecule has 6 heteroatoms. The van der Waals surface area contributed by atoms with Gasteiger partial charge in [0.25, 0.3) is 0 Å². The van der Waals surface area contributed by atoms with Crippen LogP contribution in [0.5, 0.6) is 0 Å². The molecule has 0 bridgehead atoms. The molecule has 0 rings (SSSR count). The molecule has 0 spiro atoms. The van der Waals surface area contributed by atoms with Gasteiger partial charge in [-0.1, -0.05) is 0 Å². The van der Waals surface area contributed by atoms with Gasteiger partial charge in [-0.2, -0.15) is 0 Å². The van der Waals surface area contributed by atoms with E-state index in [1.807, 2.05) is 0 Å². The van der Waals surface area contributed by atoms with Gasteiger partial charge >= 0.3 is 0 Å². The van der Waals surface area contributed by atoms with Crippen molar-refractivity contribution in [2.75, 3.05) is 0 Å². The summed E-state index contributed by atoms with van der Waals surface area (Å²) >= 11 is 0. The van der Waals surface area contributed by atoms with E-state index < -0.39 is 16.6 Å². The third-order valence-electron chi connectivity index (χ3n) is 1.09. The first-order chi connectivity index (χ1) is 6.21. The second kappa shape index (κ2) is 6.39. The highest BCUT2D eigenvalue weighted by molar-refractivity contribution is 6.74. The SMILES string of the molecule is C[Si](C)(C)O[Si]CC[Si]O[Si](C)(C)C. The molecule has 0 aliphatic rings. The Morgan fingerprint density at radius 1 is 0.714 bits per heavy atom. The molecule has 0 unspecified atom stereocenters. The average molecular weight is 263 g/mol. The Labute approximate surface area is 95.9 Å². The quantitative estimate of drug-likeness (QED) is 0.519. The van der Waals surface area contributed by atoms with Gasteiger partial charge < -0.3 is 8.23 Å². The zero-order chi connectivity index (χ0) is 11.2. The Kier molecular flexibility index (Phi) is 6.75. The van der Waals surface area contributed by atoms with E-state index in [0.717, 1.165) is 0 Å². The van der Waals surface area contributed by atoms with Crippen molar-refractivity contribution < 1.29 is 8.23 Å². The van der Waals surface area contributed by atoms with Crippen LogP contribution in [0.15, 0.2) is 0 Å². The molecule has 0 saturated carbocycles. The highest BCUT2D eigenvalue weighted by atomic mass is 28.4. The fraction of sp³-hybridized carbons (Fsp3) is 1.00. The molecule has 0 heterocycles. The Balaban J connectivity index is 3.23. The second-order valence-electron chi connectivity index (χ2n) is 5.22. The molecule has 0 fully saturated rings. The van der Waals surface area contributed by atoms with Gasteiger partial charge in [0.1, 0.15) is 0 Å². The first-order valence-corrected chi connectivity index (χ1v) is 14.1. The maximum absolute atomic E-state index is 5.79. The van der Waals surface area contributed by atoms with Crippen LogP contribution < -0.4 is 0 Å². The van der Waals surface area contributed by atoms with Crippen molar-refractivity contribution in [1.29, 1.82) is 0 Å². The molecule has 0 amide bonds. The topological polar surface area (TPSA) is 18.5 Å². The van der Waals surface area contributed by atoms with Gasteiger partial charge in [-0.15, -0.1) is 0 Å². The van der Waals surface area contributed by atoms with Crippen molar-refractivity contribution in [2.45, 2.75) is 51.4 Å². The van der Waals surface area contributed by atoms with E-state index in [0.29, 0.717) is 19.5 Å². The van der Waals surface area contributed by atoms with Gasteiger partial charge in [-0.25, -0.2) is 0 Å². The lowest BCUT2D eigenvalue weighted by Crippen LogP contribution is -2.29. The fourth-order valence-corrected chi connectivity index (χ4v) is 5.73. The predicted octanol–water partition coefficient (Wildman–Crippen LogP) is 2.76. The molecule has 0 aromatic carbocycles. The third kappa shape index (κ3) is 12.8. The highest BCUT2D eigenvalue weighted by Crippen LogP contribution is 2.05. The molecular weight excluding hydrogens is 240 g/mol. The summed E-state index contributed by atoms with van der Waals surface area (Å²) in [5, 5.41) is 0. The van der Waals surface area contributed by atoms with Crippen molar-refractivity contribution in [3.63, 3.8) is 0 Å². The van der Waals surface area contributed by atoms with Crippen LogP contribution in [0.1, 0.15) is 0 Å². The molecule has 0 aliphatic carbocycles. The average Bonchev–Trinajstić information content (AvgIpc) is 1.92. The maximum atomic E-state index is 5.79. The lowest BCUT2D eigenvalue weighted by Gasteiger charge is -2.18. The highest BCUT2D eigenvalue weighted by Gasteiger charge is 2.15. The zero-order valence-corrected chi connectivity index (χ0v) is 14.2. The van der Waals surface area contributed by atoms with Crippen LogP contribution in [0.25, 0.3) is 0 Å². The first kappa shape index (κ1) is 14.8. The van der Waals surface area contributed by atoms with E-state index >= 15 is 0 Å². The zero-order valence-electron chi connectivity index (χ0n) is 10.2. The Bertz CT molecular complexity index is 132. The minimum Gasteiger partial charge on any atom is -0.456 e. The normalized spacial score (nSPS) is 13.3. The van der Waals surface area contributed by atoms with Gasteiger partial charge in [0.05, 0.1) is 0 Å². The summed E-state index contributed by atoms with van der Waals surface area (Å²) in [4.78, 5) is 0. The first-order valence-electron chi connectivity index (χ1n) is 5.02. The van der Waals surface area contributed by atoms with Crippen LogP contribution in [0.3, 0.4) is 0 Å². The van der Waals surface area contributed by atoms with E-state index in [1.165, 1.54) is 12.1 Å². The summed E-state index contributed by atoms with van der Waals surface area (Å²) in [6.07, 6.45) is 0. The molecule has 4 radical (unpaired) electrons. The minimum absolute atomic E-state index is 0.681. The molecule has 82 valence electrons. The van der Waals surface area contributed by atoms with Gasteiger partial charge in [0.2, 0.25) is 19.5 Å². The number of rotatable bonds is 7. The molecule has 0 aromatic rings. The van der Waals surface area contributed by atoms with Crippen molar-refractivity contribution >= 4 is 36.2 Å². The molecule has 14 heavy (non-hydrogen) atoms. The van der Waals surface area contributed by atoms with Gasteiger partial charge in [0, 0.05) is 0 Å². The van der Waals surface area contributed by atoms with E-state index in [9.17, 15) is 0 Å². The number of hydrogen-bond donors (Lipinski definition) is 0. The van der Waals surface area contributed by atoms with Crippen LogP contribution in [-0.2, 0) is 8.23 Å². The van der Waals surface area contributed by atoms with Crippen molar-refractivity contribution in [3.05, 3.63) is 0 Å². The molecule has 0 aliphatic heterocycles. The van der Waals surface area contributed by atoms with Crippen molar-refractivity contribution in [1.82, 2.24) is 0 Å². The lowest BCUT2D eigenvalue weighted by atomic mass is 11.0. The third-order valence-corrected chi connectivity index (χ3v) is 8.55. The largest absolute Gasteiger partial charge is 0.456 e. The summed E-state index contributed by atoms with van der Waals surface area (Å²) in [7, 11) is -1.18. The Morgan fingerprint density at radius 3 is 1.21 bits per heavy atom. The minimum atomic E-state index is -1.27. The van der Waals surface area contributed by atoms with E-state index in [1.54, 1.807) is 0 Å². The smallest absolute Gasteiger partial charge is 0.214 e. The van der Waals surface area contributed by atoms with Crippen molar-refractivity contribution in [2.24, 2.45) is 0 Å². The van der Waals surface area contributed by atoms with Crippen LogP contribution in [0.4, 0.5) is 0 Å². The van der Waals surface area contributed by atoms with E-state index in [-0.39, 0.29) is 0 Å². The van der Waals surface area contributed by atoms with Crippen molar-refractivity contribution in [3.8, 4) is 0 Å².